The second kappa shape index (κ2) is 24.3. The molecule has 27 atom stereocenters. The van der Waals surface area contributed by atoms with Gasteiger partial charge in [0.15, 0.2) is 18.9 Å². The van der Waals surface area contributed by atoms with Crippen molar-refractivity contribution < 1.29 is 159 Å². The molecule has 5 heterocycles. The molecule has 0 bridgehead atoms. The number of ether oxygens (including phenoxy) is 9. The minimum absolute atomic E-state index is 0.851. The zero-order valence-corrected chi connectivity index (χ0v) is 37.2. The topological polar surface area (TPSA) is 551 Å². The first kappa shape index (κ1) is 59.2. The van der Waals surface area contributed by atoms with Gasteiger partial charge >= 0.3 is 11.9 Å². The van der Waals surface area contributed by atoms with E-state index in [1.807, 2.05) is 0 Å². The molecule has 71 heavy (non-hydrogen) atoms. The molecule has 0 aromatic rings. The van der Waals surface area contributed by atoms with Crippen molar-refractivity contribution in [1.29, 1.82) is 0 Å². The quantitative estimate of drug-likeness (QED) is 0.0538. The first-order valence-electron chi connectivity index (χ1n) is 21.9. The van der Waals surface area contributed by atoms with Gasteiger partial charge in [-0.1, -0.05) is 0 Å². The van der Waals surface area contributed by atoms with Gasteiger partial charge in [0.05, 0.1) is 45.2 Å². The van der Waals surface area contributed by atoms with Crippen LogP contribution in [0.2, 0.25) is 0 Å². The number of carboxylic acid groups (broad SMARTS) is 2. The average Bonchev–Trinajstić information content (AvgIpc) is 3.33. The number of hydrogen-bond acceptors (Lipinski definition) is 30. The maximum atomic E-state index is 13.0. The maximum absolute atomic E-state index is 13.0. The van der Waals surface area contributed by atoms with E-state index in [2.05, 4.69) is 5.32 Å². The summed E-state index contributed by atoms with van der Waals surface area (Å²) in [6, 6.07) is -1.75. The normalized spacial score (nSPS) is 46.1. The van der Waals surface area contributed by atoms with Gasteiger partial charge in [-0.05, 0) is 0 Å². The lowest BCUT2D eigenvalue weighted by Crippen LogP contribution is -2.70. The summed E-state index contributed by atoms with van der Waals surface area (Å²) >= 11 is 0. The van der Waals surface area contributed by atoms with E-state index in [1.165, 1.54) is 0 Å². The standard InChI is InChI=1S/C38H63NO32/c1-9(45)39-17-20(53)19(52)16(8-44)63-32(17)68-31-22(55)21(54)25(11(47)4-40)65-34(31)67-30-23(56)26(12(48)5-41)64-33(24(30)57)66-29-15(3-37(62,35(58)59)70-28(29)14(50)7-43)69-38(36(60)61)2-10(46)18(51)27(71-38)13(49)6-42/h10-34,40-44,46-57,62H,2-8H2,1H3,(H,39,45)(H,58,59)(H,60,61)/t10-,11+,12+,13-,14-,15-,16-,17-,18-,19-,20-,21+,22+,23-,24+,25-,26-,27-,28-,29-,30+,31+,32-,33-,34-,37?,38-/m1/s1. The van der Waals surface area contributed by atoms with E-state index >= 15 is 0 Å². The van der Waals surface area contributed by atoms with Crippen molar-refractivity contribution in [1.82, 2.24) is 5.32 Å². The fraction of sp³-hybridized carbons (Fsp3) is 0.921. The third kappa shape index (κ3) is 12.4. The minimum Gasteiger partial charge on any atom is -0.477 e. The lowest BCUT2D eigenvalue weighted by Gasteiger charge is -2.52. The summed E-state index contributed by atoms with van der Waals surface area (Å²) in [5.74, 6) is -12.0. The van der Waals surface area contributed by atoms with Crippen molar-refractivity contribution in [2.24, 2.45) is 0 Å². The van der Waals surface area contributed by atoms with Crippen LogP contribution in [0.4, 0.5) is 0 Å². The summed E-state index contributed by atoms with van der Waals surface area (Å²) < 4.78 is 50.9. The Morgan fingerprint density at radius 1 is 0.563 bits per heavy atom. The van der Waals surface area contributed by atoms with Gasteiger partial charge in [0.2, 0.25) is 5.91 Å². The van der Waals surface area contributed by atoms with E-state index < -0.39 is 228 Å². The van der Waals surface area contributed by atoms with Crippen molar-refractivity contribution >= 4 is 17.8 Å². The van der Waals surface area contributed by atoms with Crippen LogP contribution in [0.3, 0.4) is 0 Å². The highest BCUT2D eigenvalue weighted by Crippen LogP contribution is 2.42. The molecule has 5 saturated heterocycles. The predicted octanol–water partition coefficient (Wildman–Crippen LogP) is -13.4. The van der Waals surface area contributed by atoms with Gasteiger partial charge < -0.3 is 150 Å². The largest absolute Gasteiger partial charge is 0.477 e. The number of carboxylic acids is 2. The fourth-order valence-electron chi connectivity index (χ4n) is 8.77. The monoisotopic (exact) mass is 1050 g/mol. The van der Waals surface area contributed by atoms with Crippen molar-refractivity contribution in [3.63, 3.8) is 0 Å². The number of carbonyl (C=O) groups is 3. The van der Waals surface area contributed by atoms with E-state index in [0.29, 0.717) is 0 Å². The second-order valence-electron chi connectivity index (χ2n) is 17.6. The summed E-state index contributed by atoms with van der Waals surface area (Å²) in [5.41, 5.74) is 0. The number of aliphatic carboxylic acids is 2. The van der Waals surface area contributed by atoms with Gasteiger partial charge in [-0.15, -0.1) is 0 Å². The first-order valence-corrected chi connectivity index (χ1v) is 21.9. The summed E-state index contributed by atoms with van der Waals surface area (Å²) in [7, 11) is 0. The maximum Gasteiger partial charge on any atom is 0.364 e. The van der Waals surface area contributed by atoms with E-state index in [9.17, 15) is 117 Å². The molecule has 0 saturated carbocycles. The van der Waals surface area contributed by atoms with Crippen LogP contribution in [0.15, 0.2) is 0 Å². The Morgan fingerprint density at radius 2 is 1.08 bits per heavy atom. The van der Waals surface area contributed by atoms with Crippen molar-refractivity contribution in [3.8, 4) is 0 Å². The molecular formula is C38H63NO32. The third-order valence-electron chi connectivity index (χ3n) is 12.6. The Balaban J connectivity index is 1.58. The molecule has 0 aromatic carbocycles. The SMILES string of the molecule is CC(=O)N[C@H]1[C@@H](O[C@@H]2[C@@H](O[C@@H]3[C@H](O)[C@@H](O[C@H]4[C@@H]([C@H](O)CO)OC(O)(C(=O)O)C[C@H]4O[C@]4(C(=O)O)C[C@@H](O)[C@@H](O)[C@@H]([C@H](O)CO)O4)O[C@H]([C@@H](O)CO)[C@H]3O)O[C@H]([C@@H](O)CO)[C@@H](O)[C@@H]2O)O[C@H](CO)[C@@H](O)[C@@H]1O. The molecule has 33 heteroatoms. The number of carbonyl (C=O) groups excluding carboxylic acids is 1. The molecule has 0 radical (unpaired) electrons. The Morgan fingerprint density at radius 3 is 1.62 bits per heavy atom. The molecule has 5 rings (SSSR count). The van der Waals surface area contributed by atoms with E-state index in [4.69, 9.17) is 42.6 Å². The predicted molar refractivity (Wildman–Crippen MR) is 213 cm³/mol. The van der Waals surface area contributed by atoms with Crippen LogP contribution >= 0.6 is 0 Å². The zero-order valence-electron chi connectivity index (χ0n) is 37.2. The van der Waals surface area contributed by atoms with Gasteiger partial charge in [-0.3, -0.25) is 4.79 Å². The Hall–Kier alpha value is -2.67. The number of aliphatic hydroxyl groups is 18. The van der Waals surface area contributed by atoms with Crippen molar-refractivity contribution in [2.45, 2.75) is 184 Å². The smallest absolute Gasteiger partial charge is 0.364 e. The molecule has 33 nitrogen and oxygen atoms in total. The average molecular weight is 1050 g/mol. The van der Waals surface area contributed by atoms with Crippen molar-refractivity contribution in [2.75, 3.05) is 33.0 Å². The van der Waals surface area contributed by atoms with Gasteiger partial charge in [-0.25, -0.2) is 9.59 Å². The highest BCUT2D eigenvalue weighted by atomic mass is 16.8. The fourth-order valence-corrected chi connectivity index (χ4v) is 8.77. The van der Waals surface area contributed by atoms with Crippen LogP contribution in [0.25, 0.3) is 0 Å². The number of hydrogen-bond donors (Lipinski definition) is 21. The Kier molecular flexibility index (Phi) is 20.3. The van der Waals surface area contributed by atoms with Crippen LogP contribution in [-0.2, 0) is 57.0 Å². The molecule has 5 fully saturated rings. The Bertz CT molecular complexity index is 1760. The molecular weight excluding hydrogens is 982 g/mol. The van der Waals surface area contributed by atoms with Crippen LogP contribution in [0.5, 0.6) is 0 Å². The third-order valence-corrected chi connectivity index (χ3v) is 12.6. The minimum atomic E-state index is -3.49. The molecule has 21 N–H and O–H groups in total. The van der Waals surface area contributed by atoms with Crippen LogP contribution in [0, 0.1) is 0 Å². The second-order valence-corrected chi connectivity index (χ2v) is 17.6. The molecule has 0 aromatic heterocycles. The zero-order chi connectivity index (χ0) is 53.2. The molecule has 1 unspecified atom stereocenters. The van der Waals surface area contributed by atoms with Gasteiger partial charge in [0, 0.05) is 19.8 Å². The van der Waals surface area contributed by atoms with Crippen LogP contribution < -0.4 is 5.32 Å². The van der Waals surface area contributed by atoms with Gasteiger partial charge in [0.1, 0.15) is 122 Å². The Labute approximate surface area is 399 Å². The molecule has 5 aliphatic rings. The molecule has 0 aliphatic carbocycles. The molecule has 5 aliphatic heterocycles. The number of rotatable bonds is 20. The summed E-state index contributed by atoms with van der Waals surface area (Å²) in [5, 5.41) is 215. The number of aliphatic hydroxyl groups excluding tert-OH is 17. The number of nitrogens with one attached hydrogen (secondary N) is 1. The first-order chi connectivity index (χ1) is 33.2. The van der Waals surface area contributed by atoms with Crippen LogP contribution in [0.1, 0.15) is 19.8 Å². The highest BCUT2D eigenvalue weighted by molar-refractivity contribution is 5.77. The van der Waals surface area contributed by atoms with E-state index in [0.717, 1.165) is 6.92 Å². The highest BCUT2D eigenvalue weighted by Gasteiger charge is 2.63. The summed E-state index contributed by atoms with van der Waals surface area (Å²) in [4.78, 5) is 37.6. The van der Waals surface area contributed by atoms with Gasteiger partial charge in [0.25, 0.3) is 11.6 Å². The van der Waals surface area contributed by atoms with Crippen LogP contribution in [-0.4, -0.2) is 318 Å². The molecule has 1 amide bonds. The molecule has 0 spiro atoms. The van der Waals surface area contributed by atoms with Gasteiger partial charge in [-0.2, -0.15) is 0 Å². The lowest BCUT2D eigenvalue weighted by atomic mass is 9.89. The van der Waals surface area contributed by atoms with E-state index in [-0.39, 0.29) is 0 Å². The number of amides is 1. The van der Waals surface area contributed by atoms with Crippen molar-refractivity contribution in [3.05, 3.63) is 0 Å². The summed E-state index contributed by atoms with van der Waals surface area (Å²) in [6.07, 6.45) is -55.9. The lowest BCUT2D eigenvalue weighted by molar-refractivity contribution is -0.407. The van der Waals surface area contributed by atoms with E-state index in [1.54, 1.807) is 0 Å². The summed E-state index contributed by atoms with van der Waals surface area (Å²) in [6.45, 7) is -4.99. The molecule has 412 valence electrons.